The first-order valence-corrected chi connectivity index (χ1v) is 8.69. The fourth-order valence-electron chi connectivity index (χ4n) is 2.28. The number of urea groups is 1. The van der Waals surface area contributed by atoms with E-state index in [1.54, 1.807) is 24.3 Å². The van der Waals surface area contributed by atoms with Gasteiger partial charge in [0.05, 0.1) is 0 Å². The van der Waals surface area contributed by atoms with Gasteiger partial charge in [0.1, 0.15) is 5.75 Å². The minimum Gasteiger partial charge on any atom is -0.406 e. The van der Waals surface area contributed by atoms with Crippen LogP contribution in [0.3, 0.4) is 0 Å². The molecular formula is C19H19F3N4O4. The van der Waals surface area contributed by atoms with Crippen molar-refractivity contribution < 1.29 is 32.3 Å². The number of carbonyl (C=O) groups excluding carboxylic acids is 3. The van der Waals surface area contributed by atoms with Crippen molar-refractivity contribution in [1.82, 2.24) is 10.6 Å². The third-order valence-corrected chi connectivity index (χ3v) is 3.51. The summed E-state index contributed by atoms with van der Waals surface area (Å²) < 4.78 is 40.1. The molecule has 160 valence electrons. The smallest absolute Gasteiger partial charge is 0.406 e. The van der Waals surface area contributed by atoms with Crippen LogP contribution >= 0.6 is 0 Å². The van der Waals surface area contributed by atoms with Crippen molar-refractivity contribution in [2.24, 2.45) is 0 Å². The second kappa shape index (κ2) is 10.1. The number of nitrogens with one attached hydrogen (secondary N) is 4. The maximum Gasteiger partial charge on any atom is 0.573 e. The minimum atomic E-state index is -4.79. The van der Waals surface area contributed by atoms with E-state index >= 15 is 0 Å². The van der Waals surface area contributed by atoms with E-state index < -0.39 is 18.1 Å². The molecule has 2 aromatic carbocycles. The second-order valence-corrected chi connectivity index (χ2v) is 5.97. The van der Waals surface area contributed by atoms with Gasteiger partial charge in [0.2, 0.25) is 5.91 Å². The van der Waals surface area contributed by atoms with Gasteiger partial charge < -0.3 is 26.0 Å². The Kier molecular flexibility index (Phi) is 7.62. The molecule has 0 radical (unpaired) electrons. The first-order valence-electron chi connectivity index (χ1n) is 8.69. The Hall–Kier alpha value is -3.76. The standard InChI is InChI=1S/C19H19F3N4O4/c1-12(27)25-14-4-2-13(3-5-14)17(28)23-10-11-24-18(29)26-15-6-8-16(9-7-15)30-19(20,21)22/h2-9H,10-11H2,1H3,(H,23,28)(H,25,27)(H2,24,26,29). The highest BCUT2D eigenvalue weighted by Gasteiger charge is 2.30. The molecular weight excluding hydrogens is 405 g/mol. The zero-order valence-corrected chi connectivity index (χ0v) is 15.8. The van der Waals surface area contributed by atoms with Crippen LogP contribution in [0.4, 0.5) is 29.3 Å². The van der Waals surface area contributed by atoms with Crippen LogP contribution in [0.5, 0.6) is 5.75 Å². The topological polar surface area (TPSA) is 109 Å². The lowest BCUT2D eigenvalue weighted by molar-refractivity contribution is -0.274. The lowest BCUT2D eigenvalue weighted by atomic mass is 10.2. The van der Waals surface area contributed by atoms with Gasteiger partial charge >= 0.3 is 12.4 Å². The van der Waals surface area contributed by atoms with Crippen molar-refractivity contribution in [1.29, 1.82) is 0 Å². The van der Waals surface area contributed by atoms with Crippen molar-refractivity contribution in [2.75, 3.05) is 23.7 Å². The van der Waals surface area contributed by atoms with Gasteiger partial charge in [-0.05, 0) is 48.5 Å². The molecule has 0 heterocycles. The number of alkyl halides is 3. The highest BCUT2D eigenvalue weighted by atomic mass is 19.4. The normalized spacial score (nSPS) is 10.7. The van der Waals surface area contributed by atoms with Gasteiger partial charge in [-0.15, -0.1) is 13.2 Å². The van der Waals surface area contributed by atoms with Gasteiger partial charge in [-0.25, -0.2) is 4.79 Å². The van der Waals surface area contributed by atoms with Crippen LogP contribution in [0.15, 0.2) is 48.5 Å². The summed E-state index contributed by atoms with van der Waals surface area (Å²) >= 11 is 0. The van der Waals surface area contributed by atoms with Crippen LogP contribution in [0.25, 0.3) is 0 Å². The first kappa shape index (κ1) is 22.5. The van der Waals surface area contributed by atoms with Crippen molar-refractivity contribution in [3.8, 4) is 5.75 Å². The number of rotatable bonds is 7. The molecule has 0 saturated carbocycles. The predicted octanol–water partition coefficient (Wildman–Crippen LogP) is 3.10. The van der Waals surface area contributed by atoms with Crippen molar-refractivity contribution in [3.63, 3.8) is 0 Å². The van der Waals surface area contributed by atoms with E-state index in [1.165, 1.54) is 19.1 Å². The maximum atomic E-state index is 12.1. The molecule has 0 aliphatic heterocycles. The largest absolute Gasteiger partial charge is 0.573 e. The van der Waals surface area contributed by atoms with Gasteiger partial charge in [-0.3, -0.25) is 9.59 Å². The van der Waals surface area contributed by atoms with Crippen molar-refractivity contribution in [3.05, 3.63) is 54.1 Å². The van der Waals surface area contributed by atoms with Gasteiger partial charge in [-0.1, -0.05) is 0 Å². The summed E-state index contributed by atoms with van der Waals surface area (Å²) in [4.78, 5) is 34.8. The Balaban J connectivity index is 1.70. The molecule has 0 bridgehead atoms. The zero-order valence-electron chi connectivity index (χ0n) is 15.8. The lowest BCUT2D eigenvalue weighted by Crippen LogP contribution is -2.36. The number of benzene rings is 2. The molecule has 4 amide bonds. The van der Waals surface area contributed by atoms with Crippen molar-refractivity contribution in [2.45, 2.75) is 13.3 Å². The Bertz CT molecular complexity index is 884. The number of amides is 4. The van der Waals surface area contributed by atoms with Gasteiger partial charge in [0, 0.05) is 37.0 Å². The third-order valence-electron chi connectivity index (χ3n) is 3.51. The van der Waals surface area contributed by atoms with E-state index in [0.29, 0.717) is 11.3 Å². The number of anilines is 2. The quantitative estimate of drug-likeness (QED) is 0.512. The highest BCUT2D eigenvalue weighted by Crippen LogP contribution is 2.23. The van der Waals surface area contributed by atoms with E-state index in [-0.39, 0.29) is 30.6 Å². The van der Waals surface area contributed by atoms with Gasteiger partial charge in [0.25, 0.3) is 5.91 Å². The molecule has 2 rings (SSSR count). The molecule has 0 aromatic heterocycles. The van der Waals surface area contributed by atoms with Crippen LogP contribution in [-0.4, -0.2) is 37.3 Å². The average molecular weight is 424 g/mol. The highest BCUT2D eigenvalue weighted by molar-refractivity contribution is 5.95. The maximum absolute atomic E-state index is 12.1. The van der Waals surface area contributed by atoms with Crippen LogP contribution in [0, 0.1) is 0 Å². The monoisotopic (exact) mass is 424 g/mol. The Labute approximate surface area is 169 Å². The Morgan fingerprint density at radius 2 is 1.37 bits per heavy atom. The van der Waals surface area contributed by atoms with Crippen LogP contribution in [0.1, 0.15) is 17.3 Å². The fourth-order valence-corrected chi connectivity index (χ4v) is 2.28. The molecule has 0 fully saturated rings. The van der Waals surface area contributed by atoms with Crippen LogP contribution < -0.4 is 26.0 Å². The number of carbonyl (C=O) groups is 3. The molecule has 0 aliphatic carbocycles. The molecule has 0 saturated heterocycles. The first-order chi connectivity index (χ1) is 14.1. The zero-order chi connectivity index (χ0) is 22.1. The summed E-state index contributed by atoms with van der Waals surface area (Å²) in [5.74, 6) is -0.977. The molecule has 30 heavy (non-hydrogen) atoms. The average Bonchev–Trinajstić information content (AvgIpc) is 2.65. The lowest BCUT2D eigenvalue weighted by Gasteiger charge is -2.11. The molecule has 11 heteroatoms. The molecule has 8 nitrogen and oxygen atoms in total. The van der Waals surface area contributed by atoms with E-state index in [0.717, 1.165) is 12.1 Å². The van der Waals surface area contributed by atoms with Crippen LogP contribution in [-0.2, 0) is 4.79 Å². The molecule has 0 unspecified atom stereocenters. The Morgan fingerprint density at radius 1 is 0.833 bits per heavy atom. The summed E-state index contributed by atoms with van der Waals surface area (Å²) in [5.41, 5.74) is 1.22. The number of hydrogen-bond donors (Lipinski definition) is 4. The van der Waals surface area contributed by atoms with E-state index in [2.05, 4.69) is 26.0 Å². The molecule has 0 aliphatic rings. The number of halogens is 3. The summed E-state index contributed by atoms with van der Waals surface area (Å²) in [5, 5.41) is 10.1. The van der Waals surface area contributed by atoms with E-state index in [1.807, 2.05) is 0 Å². The summed E-state index contributed by atoms with van der Waals surface area (Å²) in [6.07, 6.45) is -4.79. The minimum absolute atomic E-state index is 0.122. The van der Waals surface area contributed by atoms with E-state index in [4.69, 9.17) is 0 Å². The molecule has 0 atom stereocenters. The van der Waals surface area contributed by atoms with Gasteiger partial charge in [-0.2, -0.15) is 0 Å². The Morgan fingerprint density at radius 3 is 1.93 bits per heavy atom. The number of ether oxygens (including phenoxy) is 1. The number of hydrogen-bond acceptors (Lipinski definition) is 4. The summed E-state index contributed by atoms with van der Waals surface area (Å²) in [6, 6.07) is 10.3. The summed E-state index contributed by atoms with van der Waals surface area (Å²) in [7, 11) is 0. The SMILES string of the molecule is CC(=O)Nc1ccc(C(=O)NCCNC(=O)Nc2ccc(OC(F)(F)F)cc2)cc1. The molecule has 0 spiro atoms. The molecule has 2 aromatic rings. The molecule has 4 N–H and O–H groups in total. The second-order valence-electron chi connectivity index (χ2n) is 5.97. The van der Waals surface area contributed by atoms with E-state index in [9.17, 15) is 27.6 Å². The van der Waals surface area contributed by atoms with Crippen LogP contribution in [0.2, 0.25) is 0 Å². The third kappa shape index (κ3) is 8.09. The van der Waals surface area contributed by atoms with Crippen molar-refractivity contribution >= 4 is 29.2 Å². The predicted molar refractivity (Wildman–Crippen MR) is 103 cm³/mol. The fraction of sp³-hybridized carbons (Fsp3) is 0.211. The summed E-state index contributed by atoms with van der Waals surface area (Å²) in [6.45, 7) is 1.65. The van der Waals surface area contributed by atoms with Gasteiger partial charge in [0.15, 0.2) is 0 Å².